The summed E-state index contributed by atoms with van der Waals surface area (Å²) in [6, 6.07) is 10.3. The third kappa shape index (κ3) is 4.94. The fourth-order valence-corrected chi connectivity index (χ4v) is 2.93. The van der Waals surface area contributed by atoms with Crippen LogP contribution in [0.15, 0.2) is 30.3 Å². The highest BCUT2D eigenvalue weighted by molar-refractivity contribution is 5.69. The van der Waals surface area contributed by atoms with Crippen molar-refractivity contribution in [3.05, 3.63) is 35.9 Å². The van der Waals surface area contributed by atoms with E-state index in [0.29, 0.717) is 6.54 Å². The van der Waals surface area contributed by atoms with Crippen LogP contribution >= 0.6 is 0 Å². The number of nitrogens with zero attached hydrogens (tertiary/aromatic N) is 2. The van der Waals surface area contributed by atoms with Gasteiger partial charge >= 0.3 is 6.09 Å². The second kappa shape index (κ2) is 7.32. The lowest BCUT2D eigenvalue weighted by Crippen LogP contribution is -2.42. The number of carbonyl (C=O) groups is 1. The second-order valence-electron chi connectivity index (χ2n) is 7.26. The summed E-state index contributed by atoms with van der Waals surface area (Å²) in [7, 11) is 2.06. The molecule has 1 aromatic rings. The summed E-state index contributed by atoms with van der Waals surface area (Å²) >= 11 is 0. The van der Waals surface area contributed by atoms with Crippen LogP contribution < -0.4 is 0 Å². The van der Waals surface area contributed by atoms with Gasteiger partial charge in [-0.1, -0.05) is 30.3 Å². The van der Waals surface area contributed by atoms with Crippen molar-refractivity contribution >= 4 is 6.09 Å². The number of benzene rings is 1. The van der Waals surface area contributed by atoms with E-state index in [-0.39, 0.29) is 24.8 Å². The molecule has 0 saturated carbocycles. The molecule has 5 nitrogen and oxygen atoms in total. The minimum atomic E-state index is -0.523. The molecular weight excluding hydrogens is 292 g/mol. The average Bonchev–Trinajstić information content (AvgIpc) is 2.91. The zero-order valence-electron chi connectivity index (χ0n) is 14.5. The summed E-state index contributed by atoms with van der Waals surface area (Å²) in [4.78, 5) is 16.2. The van der Waals surface area contributed by atoms with Crippen LogP contribution in [-0.4, -0.2) is 58.9 Å². The summed E-state index contributed by atoms with van der Waals surface area (Å²) in [5.74, 6) is 0. The number of likely N-dealkylation sites (tertiary alicyclic amines) is 1. The Morgan fingerprint density at radius 2 is 2.00 bits per heavy atom. The van der Waals surface area contributed by atoms with E-state index < -0.39 is 5.60 Å². The molecule has 5 heteroatoms. The van der Waals surface area contributed by atoms with Gasteiger partial charge in [0.1, 0.15) is 5.60 Å². The number of hydrogen-bond acceptors (Lipinski definition) is 4. The minimum absolute atomic E-state index is 0.0328. The van der Waals surface area contributed by atoms with Crippen LogP contribution in [0, 0.1) is 0 Å². The van der Waals surface area contributed by atoms with Gasteiger partial charge < -0.3 is 14.7 Å². The van der Waals surface area contributed by atoms with Gasteiger partial charge in [-0.05, 0) is 39.8 Å². The van der Waals surface area contributed by atoms with E-state index >= 15 is 0 Å². The van der Waals surface area contributed by atoms with Crippen LogP contribution in [0.1, 0.15) is 32.8 Å². The van der Waals surface area contributed by atoms with Crippen molar-refractivity contribution in [2.45, 2.75) is 51.4 Å². The standard InChI is InChI=1S/C18H28N2O3/c1-18(2,3)23-17(22)20-12-15(10-16(20)13-21)19(4)11-14-8-6-5-7-9-14/h5-9,15-16,21H,10-13H2,1-4H3/t15-,16+/m1/s1. The summed E-state index contributed by atoms with van der Waals surface area (Å²) in [6.45, 7) is 6.94. The van der Waals surface area contributed by atoms with Gasteiger partial charge in [0.25, 0.3) is 0 Å². The number of hydrogen-bond donors (Lipinski definition) is 1. The van der Waals surface area contributed by atoms with E-state index in [9.17, 15) is 9.90 Å². The maximum Gasteiger partial charge on any atom is 0.410 e. The van der Waals surface area contributed by atoms with E-state index in [1.54, 1.807) is 4.90 Å². The third-order valence-electron chi connectivity index (χ3n) is 4.13. The van der Waals surface area contributed by atoms with Crippen molar-refractivity contribution in [3.63, 3.8) is 0 Å². The smallest absolute Gasteiger partial charge is 0.410 e. The molecular formula is C18H28N2O3. The molecule has 0 radical (unpaired) electrons. The Morgan fingerprint density at radius 1 is 1.35 bits per heavy atom. The number of carbonyl (C=O) groups excluding carboxylic acids is 1. The van der Waals surface area contributed by atoms with Gasteiger partial charge in [-0.2, -0.15) is 0 Å². The fourth-order valence-electron chi connectivity index (χ4n) is 2.93. The molecule has 128 valence electrons. The first-order valence-electron chi connectivity index (χ1n) is 8.15. The Balaban J connectivity index is 1.99. The van der Waals surface area contributed by atoms with Crippen LogP contribution in [0.2, 0.25) is 0 Å². The summed E-state index contributed by atoms with van der Waals surface area (Å²) in [5.41, 5.74) is 0.719. The number of ether oxygens (including phenoxy) is 1. The SMILES string of the molecule is CN(Cc1ccccc1)[C@@H]1C[C@@H](CO)N(C(=O)OC(C)(C)C)C1. The maximum absolute atomic E-state index is 12.3. The highest BCUT2D eigenvalue weighted by Gasteiger charge is 2.38. The van der Waals surface area contributed by atoms with Crippen LogP contribution in [0.3, 0.4) is 0 Å². The lowest BCUT2D eigenvalue weighted by Gasteiger charge is -2.28. The molecule has 2 atom stereocenters. The topological polar surface area (TPSA) is 53.0 Å². The van der Waals surface area contributed by atoms with Crippen molar-refractivity contribution in [2.24, 2.45) is 0 Å². The Hall–Kier alpha value is -1.59. The highest BCUT2D eigenvalue weighted by atomic mass is 16.6. The van der Waals surface area contributed by atoms with Gasteiger partial charge in [-0.15, -0.1) is 0 Å². The van der Waals surface area contributed by atoms with Crippen LogP contribution in [0.25, 0.3) is 0 Å². The van der Waals surface area contributed by atoms with Gasteiger partial charge in [-0.3, -0.25) is 4.90 Å². The predicted octanol–water partition coefficient (Wildman–Crippen LogP) is 2.49. The predicted molar refractivity (Wildman–Crippen MR) is 90.1 cm³/mol. The molecule has 23 heavy (non-hydrogen) atoms. The van der Waals surface area contributed by atoms with Crippen LogP contribution in [-0.2, 0) is 11.3 Å². The Labute approximate surface area is 138 Å². The molecule has 0 unspecified atom stereocenters. The van der Waals surface area contributed by atoms with Gasteiger partial charge in [-0.25, -0.2) is 4.79 Å². The Kier molecular flexibility index (Phi) is 5.65. The van der Waals surface area contributed by atoms with E-state index in [2.05, 4.69) is 24.1 Å². The molecule has 1 saturated heterocycles. The first-order valence-corrected chi connectivity index (χ1v) is 8.15. The van der Waals surface area contributed by atoms with Crippen molar-refractivity contribution < 1.29 is 14.6 Å². The van der Waals surface area contributed by atoms with Crippen molar-refractivity contribution in [1.29, 1.82) is 0 Å². The second-order valence-corrected chi connectivity index (χ2v) is 7.26. The van der Waals surface area contributed by atoms with E-state index in [1.165, 1.54) is 5.56 Å². The number of amides is 1. The first-order chi connectivity index (χ1) is 10.8. The Morgan fingerprint density at radius 3 is 2.57 bits per heavy atom. The number of aliphatic hydroxyl groups is 1. The van der Waals surface area contributed by atoms with Crippen molar-refractivity contribution in [1.82, 2.24) is 9.80 Å². The monoisotopic (exact) mass is 320 g/mol. The molecule has 1 aliphatic heterocycles. The first kappa shape index (κ1) is 17.8. The number of likely N-dealkylation sites (N-methyl/N-ethyl adjacent to an activating group) is 1. The van der Waals surface area contributed by atoms with Crippen molar-refractivity contribution in [3.8, 4) is 0 Å². The zero-order chi connectivity index (χ0) is 17.0. The molecule has 1 heterocycles. The molecule has 0 bridgehead atoms. The molecule has 0 spiro atoms. The molecule has 0 aromatic heterocycles. The van der Waals surface area contributed by atoms with Crippen LogP contribution in [0.5, 0.6) is 0 Å². The van der Waals surface area contributed by atoms with Crippen LogP contribution in [0.4, 0.5) is 4.79 Å². The van der Waals surface area contributed by atoms with Gasteiger partial charge in [0.15, 0.2) is 0 Å². The lowest BCUT2D eigenvalue weighted by molar-refractivity contribution is 0.0169. The fraction of sp³-hybridized carbons (Fsp3) is 0.611. The molecule has 2 rings (SSSR count). The van der Waals surface area contributed by atoms with Gasteiger partial charge in [0.2, 0.25) is 0 Å². The average molecular weight is 320 g/mol. The molecule has 1 aliphatic rings. The summed E-state index contributed by atoms with van der Waals surface area (Å²) in [5, 5.41) is 9.60. The molecule has 1 aromatic carbocycles. The van der Waals surface area contributed by atoms with E-state index in [1.807, 2.05) is 39.0 Å². The summed E-state index contributed by atoms with van der Waals surface area (Å²) < 4.78 is 5.46. The van der Waals surface area contributed by atoms with E-state index in [4.69, 9.17) is 4.74 Å². The number of aliphatic hydroxyl groups excluding tert-OH is 1. The van der Waals surface area contributed by atoms with Gasteiger partial charge in [0.05, 0.1) is 12.6 Å². The largest absolute Gasteiger partial charge is 0.444 e. The maximum atomic E-state index is 12.3. The molecule has 0 aliphatic carbocycles. The lowest BCUT2D eigenvalue weighted by atomic mass is 10.1. The molecule has 1 fully saturated rings. The van der Waals surface area contributed by atoms with Gasteiger partial charge in [0, 0.05) is 19.1 Å². The van der Waals surface area contributed by atoms with Crippen molar-refractivity contribution in [2.75, 3.05) is 20.2 Å². The quantitative estimate of drug-likeness (QED) is 0.926. The van der Waals surface area contributed by atoms with E-state index in [0.717, 1.165) is 13.0 Å². The minimum Gasteiger partial charge on any atom is -0.444 e. The normalized spacial score (nSPS) is 21.7. The Bertz CT molecular complexity index is 513. The molecule has 1 amide bonds. The number of rotatable bonds is 4. The molecule has 1 N–H and O–H groups in total. The third-order valence-corrected chi connectivity index (χ3v) is 4.13. The summed E-state index contributed by atoms with van der Waals surface area (Å²) in [6.07, 6.45) is 0.422. The highest BCUT2D eigenvalue weighted by Crippen LogP contribution is 2.24. The zero-order valence-corrected chi connectivity index (χ0v) is 14.5.